The molecule has 2 aromatic rings. The Labute approximate surface area is 127 Å². The van der Waals surface area contributed by atoms with Crippen molar-refractivity contribution in [1.29, 1.82) is 0 Å². The van der Waals surface area contributed by atoms with E-state index in [9.17, 15) is 4.79 Å². The van der Waals surface area contributed by atoms with Crippen molar-refractivity contribution in [2.45, 2.75) is 24.0 Å². The quantitative estimate of drug-likeness (QED) is 0.673. The van der Waals surface area contributed by atoms with Gasteiger partial charge < -0.3 is 9.88 Å². The van der Waals surface area contributed by atoms with Gasteiger partial charge in [0, 0.05) is 31.8 Å². The zero-order valence-corrected chi connectivity index (χ0v) is 12.8. The van der Waals surface area contributed by atoms with Crippen LogP contribution in [-0.4, -0.2) is 31.7 Å². The normalized spacial score (nSPS) is 15.7. The van der Waals surface area contributed by atoms with Crippen molar-refractivity contribution >= 4 is 17.7 Å². The molecular weight excluding hydrogens is 286 g/mol. The smallest absolute Gasteiger partial charge is 0.255 e. The maximum Gasteiger partial charge on any atom is 0.255 e. The van der Waals surface area contributed by atoms with Crippen LogP contribution in [0.3, 0.4) is 0 Å². The number of hydrogen-bond donors (Lipinski definition) is 1. The number of carbonyl (C=O) groups is 1. The molecule has 0 aromatic carbocycles. The second kappa shape index (κ2) is 5.85. The van der Waals surface area contributed by atoms with E-state index < -0.39 is 0 Å². The lowest BCUT2D eigenvalue weighted by Gasteiger charge is -2.18. The Bertz CT molecular complexity index is 635. The topological polar surface area (TPSA) is 72.7 Å². The average Bonchev–Trinajstić information content (AvgIpc) is 3.26. The van der Waals surface area contributed by atoms with Crippen LogP contribution < -0.4 is 5.32 Å². The predicted molar refractivity (Wildman–Crippen MR) is 80.0 cm³/mol. The van der Waals surface area contributed by atoms with Gasteiger partial charge in [-0.3, -0.25) is 4.79 Å². The Hall–Kier alpha value is -1.89. The average molecular weight is 303 g/mol. The van der Waals surface area contributed by atoms with Crippen LogP contribution in [0.25, 0.3) is 0 Å². The SMILES string of the molecule is CSc1ncc(C(=O)N[C@@H](c2nccn2C)C2CC2)cn1. The van der Waals surface area contributed by atoms with E-state index in [0.717, 1.165) is 18.7 Å². The fourth-order valence-electron chi connectivity index (χ4n) is 2.26. The van der Waals surface area contributed by atoms with Gasteiger partial charge in [0.05, 0.1) is 11.6 Å². The molecule has 0 radical (unpaired) electrons. The number of carbonyl (C=O) groups excluding carboxylic acids is 1. The molecule has 0 spiro atoms. The van der Waals surface area contributed by atoms with E-state index in [1.54, 1.807) is 18.6 Å². The number of nitrogens with one attached hydrogen (secondary N) is 1. The zero-order chi connectivity index (χ0) is 14.8. The highest BCUT2D eigenvalue weighted by Crippen LogP contribution is 2.40. The van der Waals surface area contributed by atoms with E-state index in [2.05, 4.69) is 20.3 Å². The first-order valence-corrected chi connectivity index (χ1v) is 8.05. The van der Waals surface area contributed by atoms with Gasteiger partial charge in [0.2, 0.25) is 0 Å². The van der Waals surface area contributed by atoms with Crippen molar-refractivity contribution < 1.29 is 4.79 Å². The molecule has 1 N–H and O–H groups in total. The summed E-state index contributed by atoms with van der Waals surface area (Å²) < 4.78 is 1.95. The lowest BCUT2D eigenvalue weighted by Crippen LogP contribution is -2.31. The molecule has 21 heavy (non-hydrogen) atoms. The Balaban J connectivity index is 1.76. The van der Waals surface area contributed by atoms with E-state index in [1.165, 1.54) is 11.8 Å². The van der Waals surface area contributed by atoms with E-state index in [0.29, 0.717) is 16.6 Å². The molecule has 0 unspecified atom stereocenters. The number of amides is 1. The molecule has 6 nitrogen and oxygen atoms in total. The van der Waals surface area contributed by atoms with Gasteiger partial charge in [-0.1, -0.05) is 11.8 Å². The third-order valence-corrected chi connectivity index (χ3v) is 4.17. The van der Waals surface area contributed by atoms with E-state index in [4.69, 9.17) is 0 Å². The predicted octanol–water partition coefficient (Wildman–Crippen LogP) is 1.81. The van der Waals surface area contributed by atoms with Crippen LogP contribution in [0.15, 0.2) is 29.9 Å². The highest BCUT2D eigenvalue weighted by atomic mass is 32.2. The number of imidazole rings is 1. The molecule has 1 fully saturated rings. The van der Waals surface area contributed by atoms with Crippen LogP contribution in [0.4, 0.5) is 0 Å². The molecular formula is C14H17N5OS. The molecule has 1 aliphatic carbocycles. The van der Waals surface area contributed by atoms with Crippen molar-refractivity contribution in [2.24, 2.45) is 13.0 Å². The molecule has 1 amide bonds. The molecule has 0 aliphatic heterocycles. The third-order valence-electron chi connectivity index (χ3n) is 3.59. The minimum atomic E-state index is -0.150. The zero-order valence-electron chi connectivity index (χ0n) is 12.0. The molecule has 110 valence electrons. The first-order valence-electron chi connectivity index (χ1n) is 6.83. The molecule has 2 aromatic heterocycles. The van der Waals surface area contributed by atoms with Gasteiger partial charge in [-0.2, -0.15) is 0 Å². The van der Waals surface area contributed by atoms with Crippen molar-refractivity contribution in [3.8, 4) is 0 Å². The van der Waals surface area contributed by atoms with Crippen LogP contribution in [0, 0.1) is 5.92 Å². The van der Waals surface area contributed by atoms with Crippen LogP contribution >= 0.6 is 11.8 Å². The maximum atomic E-state index is 12.4. The first-order chi connectivity index (χ1) is 10.2. The minimum absolute atomic E-state index is 0.0438. The molecule has 7 heteroatoms. The van der Waals surface area contributed by atoms with Gasteiger partial charge in [0.1, 0.15) is 5.82 Å². The number of hydrogen-bond acceptors (Lipinski definition) is 5. The molecule has 1 saturated carbocycles. The summed E-state index contributed by atoms with van der Waals surface area (Å²) >= 11 is 1.45. The second-order valence-electron chi connectivity index (χ2n) is 5.14. The first kappa shape index (κ1) is 14.1. The summed E-state index contributed by atoms with van der Waals surface area (Å²) in [5.74, 6) is 1.22. The minimum Gasteiger partial charge on any atom is -0.342 e. The van der Waals surface area contributed by atoms with E-state index in [-0.39, 0.29) is 11.9 Å². The maximum absolute atomic E-state index is 12.4. The summed E-state index contributed by atoms with van der Waals surface area (Å²) in [4.78, 5) is 25.0. The summed E-state index contributed by atoms with van der Waals surface area (Å²) in [6.45, 7) is 0. The fourth-order valence-corrected chi connectivity index (χ4v) is 2.58. The van der Waals surface area contributed by atoms with Crippen molar-refractivity contribution in [3.63, 3.8) is 0 Å². The number of rotatable bonds is 5. The van der Waals surface area contributed by atoms with Crippen molar-refractivity contribution in [3.05, 3.63) is 36.2 Å². The van der Waals surface area contributed by atoms with Gasteiger partial charge in [0.25, 0.3) is 5.91 Å². The second-order valence-corrected chi connectivity index (χ2v) is 5.92. The molecule has 1 aliphatic rings. The Kier molecular flexibility index (Phi) is 3.92. The fraction of sp³-hybridized carbons (Fsp3) is 0.429. The van der Waals surface area contributed by atoms with Crippen LogP contribution in [0.5, 0.6) is 0 Å². The molecule has 0 saturated heterocycles. The number of nitrogens with zero attached hydrogens (tertiary/aromatic N) is 4. The summed E-state index contributed by atoms with van der Waals surface area (Å²) in [5, 5.41) is 3.73. The Morgan fingerprint density at radius 2 is 2.10 bits per heavy atom. The van der Waals surface area contributed by atoms with Gasteiger partial charge >= 0.3 is 0 Å². The van der Waals surface area contributed by atoms with Crippen molar-refractivity contribution in [1.82, 2.24) is 24.8 Å². The lowest BCUT2D eigenvalue weighted by atomic mass is 10.1. The standard InChI is InChI=1S/C14H17N5OS/c1-19-6-5-15-12(19)11(9-3-4-9)18-13(20)10-7-16-14(21-2)17-8-10/h5-9,11H,3-4H2,1-2H3,(H,18,20)/t11-/m1/s1. The largest absolute Gasteiger partial charge is 0.342 e. The summed E-state index contributed by atoms with van der Waals surface area (Å²) in [7, 11) is 1.94. The molecule has 3 rings (SSSR count). The van der Waals surface area contributed by atoms with Gasteiger partial charge in [-0.25, -0.2) is 15.0 Å². The van der Waals surface area contributed by atoms with E-state index in [1.807, 2.05) is 24.1 Å². The number of thioether (sulfide) groups is 1. The third kappa shape index (κ3) is 3.07. The van der Waals surface area contributed by atoms with Crippen molar-refractivity contribution in [2.75, 3.05) is 6.26 Å². The molecule has 2 heterocycles. The summed E-state index contributed by atoms with van der Waals surface area (Å²) in [5.41, 5.74) is 0.479. The Morgan fingerprint density at radius 1 is 1.38 bits per heavy atom. The van der Waals surface area contributed by atoms with Crippen LogP contribution in [0.2, 0.25) is 0 Å². The molecule has 0 bridgehead atoms. The number of aromatic nitrogens is 4. The van der Waals surface area contributed by atoms with E-state index >= 15 is 0 Å². The highest BCUT2D eigenvalue weighted by Gasteiger charge is 2.35. The molecule has 1 atom stereocenters. The van der Waals surface area contributed by atoms with Gasteiger partial charge in [0.15, 0.2) is 5.16 Å². The Morgan fingerprint density at radius 3 is 2.62 bits per heavy atom. The summed E-state index contributed by atoms with van der Waals surface area (Å²) in [6.07, 6.45) is 10.9. The highest BCUT2D eigenvalue weighted by molar-refractivity contribution is 7.98. The number of aryl methyl sites for hydroxylation is 1. The van der Waals surface area contributed by atoms with Crippen LogP contribution in [-0.2, 0) is 7.05 Å². The monoisotopic (exact) mass is 303 g/mol. The summed E-state index contributed by atoms with van der Waals surface area (Å²) in [6, 6.07) is -0.0438. The van der Waals surface area contributed by atoms with Gasteiger partial charge in [-0.05, 0) is 25.0 Å². The van der Waals surface area contributed by atoms with Gasteiger partial charge in [-0.15, -0.1) is 0 Å². The van der Waals surface area contributed by atoms with Crippen LogP contribution in [0.1, 0.15) is 35.1 Å². The lowest BCUT2D eigenvalue weighted by molar-refractivity contribution is 0.0928.